The maximum atomic E-state index is 15.3. The van der Waals surface area contributed by atoms with E-state index in [1.54, 1.807) is 49.3 Å². The first-order valence-electron chi connectivity index (χ1n) is 16.3. The van der Waals surface area contributed by atoms with Crippen LogP contribution in [-0.2, 0) is 32.0 Å². The van der Waals surface area contributed by atoms with Crippen molar-refractivity contribution < 1.29 is 37.4 Å². The van der Waals surface area contributed by atoms with E-state index in [1.807, 2.05) is 12.1 Å². The Morgan fingerprint density at radius 3 is 2.26 bits per heavy atom. The Hall–Kier alpha value is -4.29. The molecule has 5 rings (SSSR count). The summed E-state index contributed by atoms with van der Waals surface area (Å²) in [6.45, 7) is 2.01. The fourth-order valence-corrected chi connectivity index (χ4v) is 7.01. The number of nitrogens with zero attached hydrogens (tertiary/aromatic N) is 1. The number of fused-ring (bicyclic) bond motifs is 1. The summed E-state index contributed by atoms with van der Waals surface area (Å²) in [5.41, 5.74) is 0.674. The lowest BCUT2D eigenvalue weighted by atomic mass is 9.88. The van der Waals surface area contributed by atoms with Crippen molar-refractivity contribution in [2.75, 3.05) is 25.2 Å². The molecule has 262 valence electrons. The number of benzene rings is 3. The molecule has 12 heteroatoms. The predicted molar refractivity (Wildman–Crippen MR) is 191 cm³/mol. The molecule has 1 aromatic heterocycles. The smallest absolute Gasteiger partial charge is 0.230 e. The molecule has 0 aliphatic heterocycles. The second kappa shape index (κ2) is 17.1. The average molecular weight is 721 g/mol. The standard InChI is InChI=1S/C38H38F2N2O6S2/c1-24(43)50-23-37(46)42-15-4-3-5-17-49-34-22-30-28(21-33(34)47-2)31(12-16-41-30)48-32-11-8-26(18-29(32)40)20-36(45)38(13-14-38)35(44)19-25-6-9-27(39)10-7-25/h6-12,16,18,21-22H,3-5,13-15,17,19-20,23H2,1-2H3,(H,42,46). The molecular formula is C38H38F2N2O6S2. The lowest BCUT2D eigenvalue weighted by Gasteiger charge is -2.15. The monoisotopic (exact) mass is 720 g/mol. The van der Waals surface area contributed by atoms with Gasteiger partial charge in [-0.2, -0.15) is 0 Å². The number of thioether (sulfide) groups is 2. The zero-order valence-electron chi connectivity index (χ0n) is 27.9. The number of hydrogen-bond acceptors (Lipinski definition) is 9. The minimum atomic E-state index is -1.07. The summed E-state index contributed by atoms with van der Waals surface area (Å²) < 4.78 is 40.2. The summed E-state index contributed by atoms with van der Waals surface area (Å²) in [5, 5.41) is 3.39. The molecular weight excluding hydrogens is 683 g/mol. The van der Waals surface area contributed by atoms with Gasteiger partial charge in [-0.25, -0.2) is 8.78 Å². The Bertz CT molecular complexity index is 1880. The number of carbonyl (C=O) groups is 4. The number of carbonyl (C=O) groups excluding carboxylic acids is 4. The molecule has 8 nitrogen and oxygen atoms in total. The van der Waals surface area contributed by atoms with Gasteiger partial charge < -0.3 is 14.8 Å². The minimum absolute atomic E-state index is 0.0200. The summed E-state index contributed by atoms with van der Waals surface area (Å²) in [4.78, 5) is 54.3. The maximum Gasteiger partial charge on any atom is 0.230 e. The SMILES string of the molecule is COc1cc2c(Oc3ccc(CC(=O)C4(C(=O)Cc5ccc(F)cc5)CC4)cc3F)ccnc2cc1SCCCCCNC(=O)CSC(C)=O. The highest BCUT2D eigenvalue weighted by molar-refractivity contribution is 8.14. The third kappa shape index (κ3) is 9.69. The van der Waals surface area contributed by atoms with Crippen LogP contribution < -0.4 is 14.8 Å². The molecule has 0 unspecified atom stereocenters. The molecule has 0 saturated heterocycles. The van der Waals surface area contributed by atoms with Crippen LogP contribution in [0.15, 0.2) is 71.8 Å². The lowest BCUT2D eigenvalue weighted by molar-refractivity contribution is -0.134. The van der Waals surface area contributed by atoms with E-state index in [9.17, 15) is 23.6 Å². The first-order chi connectivity index (χ1) is 24.1. The van der Waals surface area contributed by atoms with E-state index in [0.29, 0.717) is 52.9 Å². The van der Waals surface area contributed by atoms with Crippen molar-refractivity contribution in [1.82, 2.24) is 10.3 Å². The van der Waals surface area contributed by atoms with Gasteiger partial charge in [-0.05, 0) is 85.0 Å². The minimum Gasteiger partial charge on any atom is -0.496 e. The van der Waals surface area contributed by atoms with Crippen molar-refractivity contribution in [1.29, 1.82) is 0 Å². The molecule has 1 aliphatic rings. The summed E-state index contributed by atoms with van der Waals surface area (Å²) in [6.07, 6.45) is 5.15. The Morgan fingerprint density at radius 1 is 0.860 bits per heavy atom. The second-order valence-corrected chi connectivity index (χ2v) is 14.4. The summed E-state index contributed by atoms with van der Waals surface area (Å²) in [7, 11) is 1.58. The molecule has 0 bridgehead atoms. The van der Waals surface area contributed by atoms with Crippen LogP contribution in [0.2, 0.25) is 0 Å². The number of Topliss-reactive ketones (excluding diaryl/α,β-unsaturated/α-hetero) is 2. The number of aromatic nitrogens is 1. The highest BCUT2D eigenvalue weighted by atomic mass is 32.2. The normalized spacial score (nSPS) is 13.1. The molecule has 1 saturated carbocycles. The number of pyridine rings is 1. The molecule has 50 heavy (non-hydrogen) atoms. The molecule has 1 aliphatic carbocycles. The van der Waals surface area contributed by atoms with Crippen LogP contribution in [0.25, 0.3) is 10.9 Å². The fourth-order valence-electron chi connectivity index (χ4n) is 5.53. The zero-order chi connectivity index (χ0) is 35.7. The summed E-state index contributed by atoms with van der Waals surface area (Å²) >= 11 is 2.63. The fraction of sp³-hybridized carbons (Fsp3) is 0.342. The van der Waals surface area contributed by atoms with Gasteiger partial charge >= 0.3 is 0 Å². The topological polar surface area (TPSA) is 112 Å². The van der Waals surface area contributed by atoms with Gasteiger partial charge in [0.05, 0.1) is 28.7 Å². The average Bonchev–Trinajstić information content (AvgIpc) is 3.91. The van der Waals surface area contributed by atoms with Gasteiger partial charge in [0.2, 0.25) is 5.91 Å². The van der Waals surface area contributed by atoms with Gasteiger partial charge in [-0.3, -0.25) is 24.2 Å². The number of ketones is 2. The highest BCUT2D eigenvalue weighted by Crippen LogP contribution is 2.49. The molecule has 1 amide bonds. The molecule has 4 aromatic rings. The predicted octanol–water partition coefficient (Wildman–Crippen LogP) is 7.68. The van der Waals surface area contributed by atoms with E-state index < -0.39 is 17.0 Å². The highest BCUT2D eigenvalue weighted by Gasteiger charge is 2.54. The number of hydrogen-bond donors (Lipinski definition) is 1. The van der Waals surface area contributed by atoms with Crippen LogP contribution in [0.5, 0.6) is 17.2 Å². The first kappa shape index (κ1) is 37.0. The van der Waals surface area contributed by atoms with E-state index in [-0.39, 0.29) is 46.9 Å². The molecule has 1 fully saturated rings. The van der Waals surface area contributed by atoms with Crippen LogP contribution >= 0.6 is 23.5 Å². The van der Waals surface area contributed by atoms with Gasteiger partial charge in [0.25, 0.3) is 0 Å². The van der Waals surface area contributed by atoms with E-state index in [0.717, 1.165) is 41.7 Å². The summed E-state index contributed by atoms with van der Waals surface area (Å²) in [5.74, 6) is 0.357. The van der Waals surface area contributed by atoms with Gasteiger partial charge in [0.1, 0.15) is 17.3 Å². The Labute approximate surface area is 298 Å². The number of nitrogens with one attached hydrogen (secondary N) is 1. The van der Waals surface area contributed by atoms with Crippen LogP contribution in [-0.4, -0.2) is 52.7 Å². The third-order valence-corrected chi connectivity index (χ3v) is 10.4. The van der Waals surface area contributed by atoms with Crippen molar-refractivity contribution in [3.8, 4) is 17.2 Å². The van der Waals surface area contributed by atoms with Gasteiger partial charge in [-0.15, -0.1) is 11.8 Å². The number of methoxy groups -OCH3 is 1. The van der Waals surface area contributed by atoms with Crippen molar-refractivity contribution in [3.05, 3.63) is 89.6 Å². The number of unbranched alkanes of at least 4 members (excludes halogenated alkanes) is 2. The molecule has 1 heterocycles. The summed E-state index contributed by atoms with van der Waals surface area (Å²) in [6, 6.07) is 15.4. The van der Waals surface area contributed by atoms with E-state index in [4.69, 9.17) is 9.47 Å². The Balaban J connectivity index is 1.16. The van der Waals surface area contributed by atoms with E-state index in [2.05, 4.69) is 10.3 Å². The number of halogens is 2. The second-order valence-electron chi connectivity index (χ2n) is 12.1. The lowest BCUT2D eigenvalue weighted by Crippen LogP contribution is -2.28. The zero-order valence-corrected chi connectivity index (χ0v) is 29.5. The van der Waals surface area contributed by atoms with Crippen molar-refractivity contribution in [2.45, 2.75) is 56.8 Å². The third-order valence-electron chi connectivity index (χ3n) is 8.47. The molecule has 0 spiro atoms. The van der Waals surface area contributed by atoms with Crippen molar-refractivity contribution in [3.63, 3.8) is 0 Å². The van der Waals surface area contributed by atoms with Crippen LogP contribution in [0.1, 0.15) is 50.2 Å². The molecule has 3 aromatic carbocycles. The van der Waals surface area contributed by atoms with Crippen LogP contribution in [0.3, 0.4) is 0 Å². The maximum absolute atomic E-state index is 15.3. The van der Waals surface area contributed by atoms with Gasteiger partial charge in [0, 0.05) is 37.9 Å². The number of amides is 1. The molecule has 0 radical (unpaired) electrons. The van der Waals surface area contributed by atoms with Gasteiger partial charge in [-0.1, -0.05) is 36.4 Å². The van der Waals surface area contributed by atoms with E-state index >= 15 is 4.39 Å². The number of rotatable bonds is 18. The quantitative estimate of drug-likeness (QED) is 0.0629. The largest absolute Gasteiger partial charge is 0.496 e. The Morgan fingerprint density at radius 2 is 1.58 bits per heavy atom. The first-order valence-corrected chi connectivity index (χ1v) is 18.3. The van der Waals surface area contributed by atoms with Crippen LogP contribution in [0, 0.1) is 17.0 Å². The molecule has 0 atom stereocenters. The van der Waals surface area contributed by atoms with Crippen molar-refractivity contribution in [2.24, 2.45) is 5.41 Å². The van der Waals surface area contributed by atoms with Gasteiger partial charge in [0.15, 0.2) is 28.2 Å². The van der Waals surface area contributed by atoms with Crippen molar-refractivity contribution >= 4 is 57.0 Å². The molecule has 1 N–H and O–H groups in total. The van der Waals surface area contributed by atoms with E-state index in [1.165, 1.54) is 31.2 Å². The Kier molecular flexibility index (Phi) is 12.6. The van der Waals surface area contributed by atoms with Crippen LogP contribution in [0.4, 0.5) is 8.78 Å². The number of ether oxygens (including phenoxy) is 2.